The SMILES string of the molecule is COc1ncc(-c2ccc3nc(N)n(CC4(N(C)C)CCOCC4)c3c2)cc1S(=O)(=O)Nc1cccc(F)c1.O=CO. The topological polar surface area (TPSA) is 162 Å². The summed E-state index contributed by atoms with van der Waals surface area (Å²) in [6.07, 6.45) is 3.27. The van der Waals surface area contributed by atoms with Gasteiger partial charge >= 0.3 is 0 Å². The van der Waals surface area contributed by atoms with E-state index in [1.807, 2.05) is 22.8 Å². The number of benzene rings is 2. The first-order valence-electron chi connectivity index (χ1n) is 12.9. The Balaban J connectivity index is 0.00000129. The lowest BCUT2D eigenvalue weighted by Crippen LogP contribution is -2.51. The molecule has 0 amide bonds. The second kappa shape index (κ2) is 12.7. The number of ether oxygens (including phenoxy) is 2. The largest absolute Gasteiger partial charge is 0.483 e. The molecule has 12 nitrogen and oxygen atoms in total. The quantitative estimate of drug-likeness (QED) is 0.256. The summed E-state index contributed by atoms with van der Waals surface area (Å²) in [5.74, 6) is -0.231. The van der Waals surface area contributed by atoms with Crippen molar-refractivity contribution in [2.75, 3.05) is 44.9 Å². The Hall–Kier alpha value is -4.27. The number of nitrogens with two attached hydrogens (primary N) is 1. The molecule has 0 bridgehead atoms. The van der Waals surface area contributed by atoms with Crippen molar-refractivity contribution in [3.63, 3.8) is 0 Å². The highest BCUT2D eigenvalue weighted by Crippen LogP contribution is 2.34. The third-order valence-electron chi connectivity index (χ3n) is 7.31. The van der Waals surface area contributed by atoms with Crippen LogP contribution in [0, 0.1) is 5.82 Å². The Morgan fingerprint density at radius 1 is 1.19 bits per heavy atom. The number of hydrogen-bond donors (Lipinski definition) is 3. The Morgan fingerprint density at radius 3 is 2.55 bits per heavy atom. The highest BCUT2D eigenvalue weighted by molar-refractivity contribution is 7.92. The van der Waals surface area contributed by atoms with Crippen LogP contribution in [0.1, 0.15) is 12.8 Å². The molecule has 1 aliphatic heterocycles. The number of halogens is 1. The van der Waals surface area contributed by atoms with E-state index in [1.54, 1.807) is 6.20 Å². The second-order valence-electron chi connectivity index (χ2n) is 9.94. The maximum Gasteiger partial charge on any atom is 0.290 e. The number of pyridine rings is 1. The Kier molecular flexibility index (Phi) is 9.29. The molecule has 0 aliphatic carbocycles. The van der Waals surface area contributed by atoms with Crippen molar-refractivity contribution in [1.82, 2.24) is 19.4 Å². The molecule has 4 aromatic rings. The maximum absolute atomic E-state index is 13.7. The lowest BCUT2D eigenvalue weighted by molar-refractivity contribution is -0.122. The van der Waals surface area contributed by atoms with Gasteiger partial charge in [0, 0.05) is 37.1 Å². The molecule has 14 heteroatoms. The van der Waals surface area contributed by atoms with Gasteiger partial charge in [-0.2, -0.15) is 0 Å². The van der Waals surface area contributed by atoms with Gasteiger partial charge in [0.2, 0.25) is 11.8 Å². The van der Waals surface area contributed by atoms with E-state index in [0.29, 0.717) is 31.3 Å². The lowest BCUT2D eigenvalue weighted by atomic mass is 9.88. The minimum absolute atomic E-state index is 0.0783. The maximum atomic E-state index is 13.7. The van der Waals surface area contributed by atoms with E-state index >= 15 is 0 Å². The summed E-state index contributed by atoms with van der Waals surface area (Å²) >= 11 is 0. The number of nitrogens with one attached hydrogen (secondary N) is 1. The van der Waals surface area contributed by atoms with Crippen LogP contribution < -0.4 is 15.2 Å². The summed E-state index contributed by atoms with van der Waals surface area (Å²) in [4.78, 5) is 19.2. The highest BCUT2D eigenvalue weighted by atomic mass is 32.2. The molecule has 5 rings (SSSR count). The summed E-state index contributed by atoms with van der Waals surface area (Å²) in [7, 11) is 1.32. The number of fused-ring (bicyclic) bond motifs is 1. The molecule has 2 aromatic heterocycles. The number of nitrogens with zero attached hydrogens (tertiary/aromatic N) is 4. The molecule has 0 radical (unpaired) electrons. The minimum atomic E-state index is -4.15. The number of nitrogen functional groups attached to an aromatic ring is 1. The van der Waals surface area contributed by atoms with Crippen LogP contribution in [-0.4, -0.2) is 79.4 Å². The standard InChI is InChI=1S/C27H31FN6O4S.CH2O2/c1-33(2)27(9-11-38-12-10-27)17-34-23-13-18(7-8-22(23)31-26(34)29)19-14-24(25(37-3)30-16-19)39(35,36)32-21-6-4-5-20(28)15-21;2-1-3/h4-8,13-16,32H,9-12,17H2,1-3H3,(H2,29,31);1H,(H,2,3). The molecule has 1 saturated heterocycles. The van der Waals surface area contributed by atoms with Crippen LogP contribution in [0.15, 0.2) is 59.6 Å². The van der Waals surface area contributed by atoms with Crippen LogP contribution in [0.5, 0.6) is 5.88 Å². The summed E-state index contributed by atoms with van der Waals surface area (Å²) in [5, 5.41) is 6.89. The van der Waals surface area contributed by atoms with Gasteiger partial charge in [-0.25, -0.2) is 22.8 Å². The Labute approximate surface area is 242 Å². The van der Waals surface area contributed by atoms with E-state index in [-0.39, 0.29) is 28.5 Å². The first kappa shape index (κ1) is 30.7. The van der Waals surface area contributed by atoms with E-state index in [1.165, 1.54) is 31.4 Å². The van der Waals surface area contributed by atoms with E-state index < -0.39 is 15.8 Å². The van der Waals surface area contributed by atoms with Crippen LogP contribution in [0.4, 0.5) is 16.0 Å². The number of carbonyl (C=O) groups is 1. The molecule has 0 unspecified atom stereocenters. The van der Waals surface area contributed by atoms with Gasteiger partial charge in [-0.1, -0.05) is 12.1 Å². The summed E-state index contributed by atoms with van der Waals surface area (Å²) in [6.45, 7) is 1.73. The molecule has 4 N–H and O–H groups in total. The van der Waals surface area contributed by atoms with Crippen molar-refractivity contribution < 1.29 is 32.2 Å². The predicted molar refractivity (Wildman–Crippen MR) is 156 cm³/mol. The molecule has 42 heavy (non-hydrogen) atoms. The van der Waals surface area contributed by atoms with Crippen LogP contribution >= 0.6 is 0 Å². The average molecular weight is 601 g/mol. The Morgan fingerprint density at radius 2 is 1.90 bits per heavy atom. The van der Waals surface area contributed by atoms with Crippen LogP contribution in [0.2, 0.25) is 0 Å². The van der Waals surface area contributed by atoms with Crippen molar-refractivity contribution in [3.05, 3.63) is 60.5 Å². The number of likely N-dealkylation sites (N-methyl/N-ethyl adjacent to an activating group) is 1. The van der Waals surface area contributed by atoms with E-state index in [4.69, 9.17) is 25.1 Å². The third-order valence-corrected chi connectivity index (χ3v) is 8.69. The van der Waals surface area contributed by atoms with E-state index in [9.17, 15) is 12.8 Å². The highest BCUT2D eigenvalue weighted by Gasteiger charge is 2.36. The number of sulfonamides is 1. The van der Waals surface area contributed by atoms with E-state index in [2.05, 4.69) is 33.7 Å². The summed E-state index contributed by atoms with van der Waals surface area (Å²) in [6, 6.07) is 12.3. The van der Waals surface area contributed by atoms with Crippen molar-refractivity contribution in [2.45, 2.75) is 29.8 Å². The van der Waals surface area contributed by atoms with Crippen LogP contribution in [0.3, 0.4) is 0 Å². The van der Waals surface area contributed by atoms with Gasteiger partial charge in [-0.15, -0.1) is 0 Å². The molecule has 0 atom stereocenters. The van der Waals surface area contributed by atoms with Crippen molar-refractivity contribution >= 4 is 39.2 Å². The molecule has 1 aliphatic rings. The third kappa shape index (κ3) is 6.45. The number of carboxylic acid groups (broad SMARTS) is 1. The predicted octanol–water partition coefficient (Wildman–Crippen LogP) is 3.44. The summed E-state index contributed by atoms with van der Waals surface area (Å²) in [5.41, 5.74) is 9.18. The molecule has 0 spiro atoms. The lowest BCUT2D eigenvalue weighted by Gasteiger charge is -2.43. The van der Waals surface area contributed by atoms with Crippen LogP contribution in [0.25, 0.3) is 22.2 Å². The second-order valence-corrected chi connectivity index (χ2v) is 11.6. The van der Waals surface area contributed by atoms with Gasteiger partial charge < -0.3 is 29.8 Å². The smallest absolute Gasteiger partial charge is 0.290 e. The van der Waals surface area contributed by atoms with Crippen molar-refractivity contribution in [2.24, 2.45) is 0 Å². The molecule has 3 heterocycles. The number of rotatable bonds is 8. The fraction of sp³-hybridized carbons (Fsp3) is 0.321. The molecular weight excluding hydrogens is 567 g/mol. The first-order valence-corrected chi connectivity index (χ1v) is 14.4. The first-order chi connectivity index (χ1) is 20.0. The van der Waals surface area contributed by atoms with Gasteiger partial charge in [-0.05, 0) is 68.9 Å². The Bertz CT molecular complexity index is 1670. The monoisotopic (exact) mass is 600 g/mol. The van der Waals surface area contributed by atoms with Crippen LogP contribution in [-0.2, 0) is 26.1 Å². The zero-order valence-electron chi connectivity index (χ0n) is 23.4. The molecule has 1 fully saturated rings. The number of imidazole rings is 1. The number of hydrogen-bond acceptors (Lipinski definition) is 9. The van der Waals surface area contributed by atoms with E-state index in [0.717, 1.165) is 35.5 Å². The van der Waals surface area contributed by atoms with Crippen molar-refractivity contribution in [3.8, 4) is 17.0 Å². The zero-order valence-corrected chi connectivity index (χ0v) is 24.3. The van der Waals surface area contributed by atoms with Gasteiger partial charge in [-0.3, -0.25) is 9.52 Å². The fourth-order valence-corrected chi connectivity index (χ4v) is 6.17. The fourth-order valence-electron chi connectivity index (χ4n) is 4.98. The molecule has 224 valence electrons. The number of methoxy groups -OCH3 is 1. The van der Waals surface area contributed by atoms with Gasteiger partial charge in [0.25, 0.3) is 16.5 Å². The molecule has 0 saturated carbocycles. The molecular formula is C28H33FN6O6S. The zero-order chi connectivity index (χ0) is 30.5. The minimum Gasteiger partial charge on any atom is -0.483 e. The number of aromatic nitrogens is 3. The van der Waals surface area contributed by atoms with Gasteiger partial charge in [0.05, 0.1) is 23.8 Å². The summed E-state index contributed by atoms with van der Waals surface area (Å²) < 4.78 is 55.5. The normalized spacial score (nSPS) is 14.7. The average Bonchev–Trinajstić information content (AvgIpc) is 3.27. The van der Waals surface area contributed by atoms with Crippen molar-refractivity contribution in [1.29, 1.82) is 0 Å². The van der Waals surface area contributed by atoms with Gasteiger partial charge in [0.15, 0.2) is 0 Å². The van der Waals surface area contributed by atoms with Gasteiger partial charge in [0.1, 0.15) is 10.7 Å². The molecule has 2 aromatic carbocycles. The number of anilines is 2.